The molecule has 0 heterocycles. The summed E-state index contributed by atoms with van der Waals surface area (Å²) in [5, 5.41) is 13.5. The van der Waals surface area contributed by atoms with Crippen molar-refractivity contribution >= 4 is 11.6 Å². The number of nitrogens with zero attached hydrogens (tertiary/aromatic N) is 1. The molecule has 2 rings (SSSR count). The summed E-state index contributed by atoms with van der Waals surface area (Å²) in [6.07, 6.45) is 0.924. The van der Waals surface area contributed by atoms with Gasteiger partial charge in [-0.1, -0.05) is 19.1 Å². The van der Waals surface area contributed by atoms with E-state index in [-0.39, 0.29) is 18.1 Å². The third-order valence-corrected chi connectivity index (χ3v) is 3.37. The fourth-order valence-electron chi connectivity index (χ4n) is 2.10. The summed E-state index contributed by atoms with van der Waals surface area (Å²) >= 11 is 0. The quantitative estimate of drug-likeness (QED) is 0.636. The minimum absolute atomic E-state index is 0.181. The maximum Gasteiger partial charge on any atom is 0.244 e. The number of aromatic hydroxyl groups is 1. The highest BCUT2D eigenvalue weighted by molar-refractivity contribution is 6.01. The van der Waals surface area contributed by atoms with Crippen molar-refractivity contribution in [2.75, 3.05) is 7.11 Å². The zero-order chi connectivity index (χ0) is 16.7. The van der Waals surface area contributed by atoms with Crippen molar-refractivity contribution in [1.82, 2.24) is 5.43 Å². The summed E-state index contributed by atoms with van der Waals surface area (Å²) in [4.78, 5) is 12.0. The molecule has 120 valence electrons. The van der Waals surface area contributed by atoms with Crippen LogP contribution in [0.3, 0.4) is 0 Å². The number of phenolic OH excluding ortho intramolecular Hbond substituents is 1. The van der Waals surface area contributed by atoms with Crippen molar-refractivity contribution in [2.24, 2.45) is 5.10 Å². The molecule has 2 aromatic carbocycles. The molecule has 5 nitrogen and oxygen atoms in total. The van der Waals surface area contributed by atoms with Crippen LogP contribution >= 0.6 is 0 Å². The molecular formula is C18H20N2O3. The Hall–Kier alpha value is -2.82. The van der Waals surface area contributed by atoms with Crippen LogP contribution in [0.25, 0.3) is 0 Å². The lowest BCUT2D eigenvalue weighted by molar-refractivity contribution is -0.120. The molecule has 0 atom stereocenters. The molecule has 2 aromatic rings. The molecule has 0 saturated heterocycles. The molecule has 0 aliphatic carbocycles. The van der Waals surface area contributed by atoms with Gasteiger partial charge in [0.05, 0.1) is 19.2 Å². The molecule has 0 aliphatic heterocycles. The van der Waals surface area contributed by atoms with Crippen molar-refractivity contribution in [2.45, 2.75) is 19.8 Å². The lowest BCUT2D eigenvalue weighted by atomic mass is 10.1. The third-order valence-electron chi connectivity index (χ3n) is 3.37. The number of hydrogen-bond acceptors (Lipinski definition) is 4. The summed E-state index contributed by atoms with van der Waals surface area (Å²) in [5.41, 5.74) is 5.10. The molecule has 0 bridgehead atoms. The van der Waals surface area contributed by atoms with Crippen molar-refractivity contribution in [3.63, 3.8) is 0 Å². The minimum Gasteiger partial charge on any atom is -0.508 e. The van der Waals surface area contributed by atoms with Crippen molar-refractivity contribution in [3.8, 4) is 11.5 Å². The van der Waals surface area contributed by atoms with Gasteiger partial charge in [0.15, 0.2) is 0 Å². The molecule has 23 heavy (non-hydrogen) atoms. The van der Waals surface area contributed by atoms with E-state index in [1.165, 1.54) is 0 Å². The van der Waals surface area contributed by atoms with E-state index in [9.17, 15) is 9.90 Å². The Labute approximate surface area is 135 Å². The van der Waals surface area contributed by atoms with Crippen LogP contribution in [0.4, 0.5) is 0 Å². The first-order chi connectivity index (χ1) is 11.1. The number of methoxy groups -OCH3 is 1. The van der Waals surface area contributed by atoms with Gasteiger partial charge in [0.1, 0.15) is 11.5 Å². The highest BCUT2D eigenvalue weighted by atomic mass is 16.5. The average Bonchev–Trinajstić information content (AvgIpc) is 2.57. The standard InChI is InChI=1S/C18H20N2O3/c1-3-17(14-6-8-15(21)9-7-14)19-20-18(22)12-13-4-10-16(23-2)11-5-13/h4-11,21H,3,12H2,1-2H3,(H,20,22)/b19-17+. The molecule has 2 N–H and O–H groups in total. The zero-order valence-electron chi connectivity index (χ0n) is 13.2. The molecule has 1 amide bonds. The van der Waals surface area contributed by atoms with Gasteiger partial charge < -0.3 is 9.84 Å². The smallest absolute Gasteiger partial charge is 0.244 e. The Kier molecular flexibility index (Phi) is 5.74. The highest BCUT2D eigenvalue weighted by Crippen LogP contribution is 2.13. The van der Waals surface area contributed by atoms with Gasteiger partial charge in [0, 0.05) is 0 Å². The lowest BCUT2D eigenvalue weighted by Crippen LogP contribution is -2.21. The fraction of sp³-hybridized carbons (Fsp3) is 0.222. The van der Waals surface area contributed by atoms with Crippen LogP contribution in [0.5, 0.6) is 11.5 Å². The molecule has 5 heteroatoms. The number of benzene rings is 2. The molecule has 0 radical (unpaired) electrons. The normalized spacial score (nSPS) is 11.1. The van der Waals surface area contributed by atoms with Crippen LogP contribution < -0.4 is 10.2 Å². The number of hydrogen-bond donors (Lipinski definition) is 2. The molecule has 0 fully saturated rings. The monoisotopic (exact) mass is 312 g/mol. The number of carbonyl (C=O) groups is 1. The number of ether oxygens (including phenoxy) is 1. The first-order valence-corrected chi connectivity index (χ1v) is 7.40. The fourth-order valence-corrected chi connectivity index (χ4v) is 2.10. The van der Waals surface area contributed by atoms with Gasteiger partial charge in [-0.2, -0.15) is 5.10 Å². The highest BCUT2D eigenvalue weighted by Gasteiger charge is 2.05. The number of phenols is 1. The first kappa shape index (κ1) is 16.5. The molecule has 0 aromatic heterocycles. The Morgan fingerprint density at radius 1 is 1.13 bits per heavy atom. The van der Waals surface area contributed by atoms with E-state index in [0.717, 1.165) is 22.6 Å². The summed E-state index contributed by atoms with van der Waals surface area (Å²) in [6.45, 7) is 1.96. The van der Waals surface area contributed by atoms with Crippen LogP contribution in [0.15, 0.2) is 53.6 Å². The topological polar surface area (TPSA) is 70.9 Å². The number of carbonyl (C=O) groups excluding carboxylic acids is 1. The van der Waals surface area contributed by atoms with Gasteiger partial charge in [-0.3, -0.25) is 4.79 Å². The molecule has 0 saturated carbocycles. The van der Waals surface area contributed by atoms with E-state index in [1.807, 2.05) is 31.2 Å². The predicted octanol–water partition coefficient (Wildman–Crippen LogP) is 2.87. The zero-order valence-corrected chi connectivity index (χ0v) is 13.2. The second kappa shape index (κ2) is 7.98. The first-order valence-electron chi connectivity index (χ1n) is 7.40. The van der Waals surface area contributed by atoms with Gasteiger partial charge in [-0.25, -0.2) is 5.43 Å². The Bertz CT molecular complexity index is 676. The molecule has 0 spiro atoms. The van der Waals surface area contributed by atoms with Gasteiger partial charge in [0.2, 0.25) is 5.91 Å². The Morgan fingerprint density at radius 3 is 2.35 bits per heavy atom. The maximum atomic E-state index is 12.0. The second-order valence-electron chi connectivity index (χ2n) is 5.02. The van der Waals surface area contributed by atoms with Gasteiger partial charge in [-0.05, 0) is 53.9 Å². The third kappa shape index (κ3) is 4.85. The average molecular weight is 312 g/mol. The Balaban J connectivity index is 1.98. The van der Waals surface area contributed by atoms with Crippen molar-refractivity contribution in [3.05, 3.63) is 59.7 Å². The van der Waals surface area contributed by atoms with E-state index in [2.05, 4.69) is 10.5 Å². The molecular weight excluding hydrogens is 292 g/mol. The van der Waals surface area contributed by atoms with Gasteiger partial charge >= 0.3 is 0 Å². The van der Waals surface area contributed by atoms with Gasteiger partial charge in [0.25, 0.3) is 0 Å². The van der Waals surface area contributed by atoms with E-state index >= 15 is 0 Å². The SMILES string of the molecule is CC/C(=N\NC(=O)Cc1ccc(OC)cc1)c1ccc(O)cc1. The van der Waals surface area contributed by atoms with E-state index in [1.54, 1.807) is 31.4 Å². The maximum absolute atomic E-state index is 12.0. The number of rotatable bonds is 6. The van der Waals surface area contributed by atoms with Crippen LogP contribution in [0, 0.1) is 0 Å². The Morgan fingerprint density at radius 2 is 1.78 bits per heavy atom. The van der Waals surface area contributed by atoms with Gasteiger partial charge in [-0.15, -0.1) is 0 Å². The summed E-state index contributed by atoms with van der Waals surface area (Å²) < 4.78 is 5.08. The van der Waals surface area contributed by atoms with Crippen LogP contribution in [0.1, 0.15) is 24.5 Å². The van der Waals surface area contributed by atoms with Crippen LogP contribution in [-0.2, 0) is 11.2 Å². The van der Waals surface area contributed by atoms with E-state index < -0.39 is 0 Å². The van der Waals surface area contributed by atoms with Crippen molar-refractivity contribution < 1.29 is 14.6 Å². The predicted molar refractivity (Wildman–Crippen MR) is 89.8 cm³/mol. The van der Waals surface area contributed by atoms with Crippen LogP contribution in [0.2, 0.25) is 0 Å². The summed E-state index contributed by atoms with van der Waals surface area (Å²) in [7, 11) is 1.60. The molecule has 0 aliphatic rings. The minimum atomic E-state index is -0.181. The summed E-state index contributed by atoms with van der Waals surface area (Å²) in [5.74, 6) is 0.778. The lowest BCUT2D eigenvalue weighted by Gasteiger charge is -2.06. The molecule has 0 unspecified atom stereocenters. The van der Waals surface area contributed by atoms with E-state index in [0.29, 0.717) is 6.42 Å². The van der Waals surface area contributed by atoms with Crippen LogP contribution in [-0.4, -0.2) is 23.8 Å². The summed E-state index contributed by atoms with van der Waals surface area (Å²) in [6, 6.07) is 14.1. The number of hydrazone groups is 1. The number of nitrogens with one attached hydrogen (secondary N) is 1. The van der Waals surface area contributed by atoms with E-state index in [4.69, 9.17) is 4.74 Å². The van der Waals surface area contributed by atoms with Crippen molar-refractivity contribution in [1.29, 1.82) is 0 Å². The number of amides is 1. The largest absolute Gasteiger partial charge is 0.508 e. The second-order valence-corrected chi connectivity index (χ2v) is 5.02.